The Hall–Kier alpha value is -3.55. The maximum Gasteiger partial charge on any atom is 0.251 e. The van der Waals surface area contributed by atoms with Crippen molar-refractivity contribution < 1.29 is 9.18 Å². The molecule has 7 nitrogen and oxygen atoms in total. The molecule has 0 aliphatic heterocycles. The topological polar surface area (TPSA) is 77.6 Å². The first-order valence-electron chi connectivity index (χ1n) is 9.46. The normalized spacial score (nSPS) is 10.8. The van der Waals surface area contributed by atoms with E-state index in [1.54, 1.807) is 37.5 Å². The molecule has 4 rings (SSSR count). The number of nitrogens with zero attached hydrogens (tertiary/aromatic N) is 5. The summed E-state index contributed by atoms with van der Waals surface area (Å²) >= 11 is 0. The van der Waals surface area contributed by atoms with E-state index in [4.69, 9.17) is 4.98 Å². The van der Waals surface area contributed by atoms with E-state index in [-0.39, 0.29) is 13.3 Å². The molecule has 4 aromatic rings. The van der Waals surface area contributed by atoms with E-state index in [1.165, 1.54) is 6.07 Å². The van der Waals surface area contributed by atoms with Gasteiger partial charge >= 0.3 is 0 Å². The maximum absolute atomic E-state index is 13.6. The number of carbonyl (C=O) groups excluding carboxylic acids is 1. The summed E-state index contributed by atoms with van der Waals surface area (Å²) in [6.45, 7) is 3.36. The molecule has 1 aromatic carbocycles. The first-order valence-corrected chi connectivity index (χ1v) is 9.46. The number of carbonyl (C=O) groups is 1. The number of amides is 1. The van der Waals surface area contributed by atoms with Gasteiger partial charge in [0.15, 0.2) is 5.82 Å². The lowest BCUT2D eigenvalue weighted by Crippen LogP contribution is -2.17. The highest BCUT2D eigenvalue weighted by Gasteiger charge is 2.15. The maximum atomic E-state index is 13.6. The van der Waals surface area contributed by atoms with Crippen LogP contribution in [0, 0.1) is 5.95 Å². The zero-order valence-corrected chi connectivity index (χ0v) is 16.3. The van der Waals surface area contributed by atoms with Crippen LogP contribution in [0.5, 0.6) is 0 Å². The van der Waals surface area contributed by atoms with E-state index in [0.717, 1.165) is 29.8 Å². The molecule has 0 unspecified atom stereocenters. The van der Waals surface area contributed by atoms with Crippen molar-refractivity contribution in [2.45, 2.75) is 33.9 Å². The van der Waals surface area contributed by atoms with Gasteiger partial charge in [-0.15, -0.1) is 0 Å². The Kier molecular flexibility index (Phi) is 6.25. The molecule has 0 radical (unpaired) electrons. The van der Waals surface area contributed by atoms with E-state index in [2.05, 4.69) is 26.8 Å². The first-order chi connectivity index (χ1) is 14.1. The number of aryl methyl sites for hydroxylation is 1. The minimum absolute atomic E-state index is 0. The predicted octanol–water partition coefficient (Wildman–Crippen LogP) is 3.89. The molecule has 0 spiro atoms. The fourth-order valence-electron chi connectivity index (χ4n) is 3.41. The van der Waals surface area contributed by atoms with Crippen molar-refractivity contribution in [1.29, 1.82) is 0 Å². The minimum atomic E-state index is -0.544. The van der Waals surface area contributed by atoms with Gasteiger partial charge in [0.1, 0.15) is 11.5 Å². The Morgan fingerprint density at radius 1 is 1.20 bits per heavy atom. The molecule has 1 amide bonds. The van der Waals surface area contributed by atoms with Crippen molar-refractivity contribution in [2.75, 3.05) is 7.05 Å². The van der Waals surface area contributed by atoms with Gasteiger partial charge in [0.05, 0.1) is 17.6 Å². The number of fused-ring (bicyclic) bond motifs is 1. The molecule has 0 saturated heterocycles. The standard InChI is InChI=1S/C21H21FN6O.CH4/c1-3-10-28-17-8-7-14(21(29)23-2)12-16(17)26-19(28)13-27-11-9-24-20(27)15-5-4-6-18(22)25-15;/h4-9,11-12H,3,10,13H2,1-2H3,(H,23,29);1H4. The van der Waals surface area contributed by atoms with Crippen LogP contribution in [0.15, 0.2) is 48.8 Å². The van der Waals surface area contributed by atoms with Crippen LogP contribution in [0.25, 0.3) is 22.6 Å². The SMILES string of the molecule is C.CCCn1c(Cn2ccnc2-c2cccc(F)n2)nc2cc(C(=O)NC)ccc21. The monoisotopic (exact) mass is 408 g/mol. The van der Waals surface area contributed by atoms with Gasteiger partial charge < -0.3 is 14.5 Å². The van der Waals surface area contributed by atoms with Crippen LogP contribution in [0.4, 0.5) is 4.39 Å². The van der Waals surface area contributed by atoms with Gasteiger partial charge in [0.25, 0.3) is 5.91 Å². The quantitative estimate of drug-likeness (QED) is 0.491. The molecule has 0 atom stereocenters. The third-order valence-electron chi connectivity index (χ3n) is 4.74. The lowest BCUT2D eigenvalue weighted by atomic mass is 10.2. The van der Waals surface area contributed by atoms with Gasteiger partial charge in [-0.2, -0.15) is 4.39 Å². The number of nitrogens with one attached hydrogen (secondary N) is 1. The second-order valence-corrected chi connectivity index (χ2v) is 6.69. The summed E-state index contributed by atoms with van der Waals surface area (Å²) in [6.07, 6.45) is 4.43. The number of imidazole rings is 2. The van der Waals surface area contributed by atoms with Gasteiger partial charge in [-0.3, -0.25) is 4.79 Å². The number of halogens is 1. The molecule has 0 saturated carbocycles. The Morgan fingerprint density at radius 2 is 2.03 bits per heavy atom. The summed E-state index contributed by atoms with van der Waals surface area (Å²) in [5.41, 5.74) is 2.77. The number of aromatic nitrogens is 5. The average molecular weight is 408 g/mol. The largest absolute Gasteiger partial charge is 0.355 e. The summed E-state index contributed by atoms with van der Waals surface area (Å²) in [6, 6.07) is 10.2. The predicted molar refractivity (Wildman–Crippen MR) is 115 cm³/mol. The fourth-order valence-corrected chi connectivity index (χ4v) is 3.41. The van der Waals surface area contributed by atoms with E-state index in [1.807, 2.05) is 16.8 Å². The molecule has 0 bridgehead atoms. The van der Waals surface area contributed by atoms with Gasteiger partial charge in [0.2, 0.25) is 5.95 Å². The second kappa shape index (κ2) is 8.86. The summed E-state index contributed by atoms with van der Waals surface area (Å²) in [5.74, 6) is 0.724. The van der Waals surface area contributed by atoms with Gasteiger partial charge in [-0.05, 0) is 36.8 Å². The van der Waals surface area contributed by atoms with Crippen LogP contribution in [0.2, 0.25) is 0 Å². The lowest BCUT2D eigenvalue weighted by molar-refractivity contribution is 0.0963. The minimum Gasteiger partial charge on any atom is -0.355 e. The second-order valence-electron chi connectivity index (χ2n) is 6.69. The van der Waals surface area contributed by atoms with Crippen LogP contribution >= 0.6 is 0 Å². The molecule has 0 aliphatic rings. The summed E-state index contributed by atoms with van der Waals surface area (Å²) in [4.78, 5) is 25.0. The Balaban J connectivity index is 0.00000256. The smallest absolute Gasteiger partial charge is 0.251 e. The van der Waals surface area contributed by atoms with Crippen molar-refractivity contribution in [2.24, 2.45) is 0 Å². The third-order valence-corrected chi connectivity index (χ3v) is 4.74. The van der Waals surface area contributed by atoms with Gasteiger partial charge in [-0.1, -0.05) is 20.4 Å². The number of rotatable bonds is 6. The molecule has 8 heteroatoms. The average Bonchev–Trinajstić information content (AvgIpc) is 3.32. The molecule has 30 heavy (non-hydrogen) atoms. The van der Waals surface area contributed by atoms with Crippen molar-refractivity contribution >= 4 is 16.9 Å². The molecule has 156 valence electrons. The molecule has 3 heterocycles. The molecular weight excluding hydrogens is 383 g/mol. The Morgan fingerprint density at radius 3 is 2.77 bits per heavy atom. The van der Waals surface area contributed by atoms with Crippen LogP contribution < -0.4 is 5.32 Å². The van der Waals surface area contributed by atoms with Crippen molar-refractivity contribution in [3.8, 4) is 11.5 Å². The summed E-state index contributed by atoms with van der Waals surface area (Å²) < 4.78 is 17.6. The van der Waals surface area contributed by atoms with Crippen LogP contribution in [0.3, 0.4) is 0 Å². The lowest BCUT2D eigenvalue weighted by Gasteiger charge is -2.10. The first kappa shape index (κ1) is 21.2. The summed E-state index contributed by atoms with van der Waals surface area (Å²) in [5, 5.41) is 2.64. The fraction of sp³-hybridized carbons (Fsp3) is 0.273. The van der Waals surface area contributed by atoms with E-state index in [9.17, 15) is 9.18 Å². The van der Waals surface area contributed by atoms with Crippen LogP contribution in [-0.4, -0.2) is 37.0 Å². The van der Waals surface area contributed by atoms with Crippen molar-refractivity contribution in [3.05, 3.63) is 66.1 Å². The summed E-state index contributed by atoms with van der Waals surface area (Å²) in [7, 11) is 1.61. The number of pyridine rings is 1. The molecule has 0 fully saturated rings. The number of hydrogen-bond donors (Lipinski definition) is 1. The van der Waals surface area contributed by atoms with Crippen LogP contribution in [-0.2, 0) is 13.1 Å². The van der Waals surface area contributed by atoms with E-state index < -0.39 is 5.95 Å². The van der Waals surface area contributed by atoms with E-state index in [0.29, 0.717) is 23.6 Å². The number of benzene rings is 1. The molecule has 3 aromatic heterocycles. The molecule has 0 aliphatic carbocycles. The zero-order chi connectivity index (χ0) is 20.4. The van der Waals surface area contributed by atoms with Crippen LogP contribution in [0.1, 0.15) is 37.0 Å². The highest BCUT2D eigenvalue weighted by atomic mass is 19.1. The third kappa shape index (κ3) is 3.94. The highest BCUT2D eigenvalue weighted by molar-refractivity contribution is 5.97. The highest BCUT2D eigenvalue weighted by Crippen LogP contribution is 2.22. The molecular formula is C22H25FN6O. The van der Waals surface area contributed by atoms with Crippen molar-refractivity contribution in [3.63, 3.8) is 0 Å². The van der Waals surface area contributed by atoms with Gasteiger partial charge in [0, 0.05) is 31.5 Å². The Labute approximate surface area is 174 Å². The Bertz CT molecular complexity index is 1180. The van der Waals surface area contributed by atoms with Crippen molar-refractivity contribution in [1.82, 2.24) is 29.4 Å². The molecule has 1 N–H and O–H groups in total. The van der Waals surface area contributed by atoms with E-state index >= 15 is 0 Å². The number of hydrogen-bond acceptors (Lipinski definition) is 4. The zero-order valence-electron chi connectivity index (χ0n) is 16.3. The van der Waals surface area contributed by atoms with Gasteiger partial charge in [-0.25, -0.2) is 15.0 Å².